The summed E-state index contributed by atoms with van der Waals surface area (Å²) in [6.45, 7) is 5.84. The standard InChI is InChI=1S/C10H22O2/c1-3-4-5-6-10(2)9-12-8-7-11/h10-11H,3-9H2,1-2H3. The van der Waals surface area contributed by atoms with Crippen molar-refractivity contribution >= 4 is 0 Å². The minimum absolute atomic E-state index is 0.141. The molecule has 0 aliphatic rings. The van der Waals surface area contributed by atoms with Gasteiger partial charge in [-0.2, -0.15) is 0 Å². The van der Waals surface area contributed by atoms with E-state index in [0.717, 1.165) is 6.61 Å². The molecule has 1 atom stereocenters. The molecule has 0 rings (SSSR count). The summed E-state index contributed by atoms with van der Waals surface area (Å²) in [6, 6.07) is 0. The molecule has 0 fully saturated rings. The van der Waals surface area contributed by atoms with Gasteiger partial charge in [0.2, 0.25) is 0 Å². The molecule has 1 N–H and O–H groups in total. The van der Waals surface area contributed by atoms with E-state index < -0.39 is 0 Å². The smallest absolute Gasteiger partial charge is 0.0697 e. The van der Waals surface area contributed by atoms with Crippen molar-refractivity contribution in [3.05, 3.63) is 0 Å². The lowest BCUT2D eigenvalue weighted by molar-refractivity contribution is 0.0691. The molecule has 0 aromatic carbocycles. The van der Waals surface area contributed by atoms with Crippen LogP contribution in [0.4, 0.5) is 0 Å². The summed E-state index contributed by atoms with van der Waals surface area (Å²) in [5.41, 5.74) is 0. The lowest BCUT2D eigenvalue weighted by Gasteiger charge is -2.10. The normalized spacial score (nSPS) is 13.2. The molecule has 2 nitrogen and oxygen atoms in total. The SMILES string of the molecule is CCCCCC(C)COCCO. The third-order valence-electron chi connectivity index (χ3n) is 1.94. The number of hydrogen-bond acceptors (Lipinski definition) is 2. The van der Waals surface area contributed by atoms with Crippen LogP contribution in [0.3, 0.4) is 0 Å². The molecule has 0 heterocycles. The van der Waals surface area contributed by atoms with E-state index >= 15 is 0 Å². The van der Waals surface area contributed by atoms with Gasteiger partial charge in [-0.25, -0.2) is 0 Å². The first-order chi connectivity index (χ1) is 5.81. The maximum Gasteiger partial charge on any atom is 0.0697 e. The first-order valence-electron chi connectivity index (χ1n) is 4.99. The summed E-state index contributed by atoms with van der Waals surface area (Å²) in [5, 5.41) is 8.47. The molecule has 0 aromatic rings. The third-order valence-corrected chi connectivity index (χ3v) is 1.94. The van der Waals surface area contributed by atoms with Crippen LogP contribution in [0.15, 0.2) is 0 Å². The third kappa shape index (κ3) is 8.02. The van der Waals surface area contributed by atoms with Crippen LogP contribution in [0.1, 0.15) is 39.5 Å². The van der Waals surface area contributed by atoms with Crippen LogP contribution in [0.25, 0.3) is 0 Å². The molecule has 0 aliphatic carbocycles. The summed E-state index contributed by atoms with van der Waals surface area (Å²) in [5.74, 6) is 0.642. The Bertz CT molecular complexity index is 73.9. The van der Waals surface area contributed by atoms with Gasteiger partial charge >= 0.3 is 0 Å². The topological polar surface area (TPSA) is 29.5 Å². The van der Waals surface area contributed by atoms with E-state index in [2.05, 4.69) is 13.8 Å². The monoisotopic (exact) mass is 174 g/mol. The molecule has 0 aromatic heterocycles. The van der Waals surface area contributed by atoms with Gasteiger partial charge in [-0.1, -0.05) is 33.1 Å². The number of unbranched alkanes of at least 4 members (excludes halogenated alkanes) is 2. The second kappa shape index (κ2) is 9.01. The van der Waals surface area contributed by atoms with Gasteiger partial charge in [-0.15, -0.1) is 0 Å². The highest BCUT2D eigenvalue weighted by atomic mass is 16.5. The Morgan fingerprint density at radius 1 is 1.33 bits per heavy atom. The van der Waals surface area contributed by atoms with Crippen LogP contribution >= 0.6 is 0 Å². The number of aliphatic hydroxyl groups is 1. The van der Waals surface area contributed by atoms with Crippen LogP contribution in [0.2, 0.25) is 0 Å². The molecule has 2 heteroatoms. The Morgan fingerprint density at radius 2 is 2.08 bits per heavy atom. The molecule has 74 valence electrons. The van der Waals surface area contributed by atoms with Crippen LogP contribution in [-0.4, -0.2) is 24.9 Å². The highest BCUT2D eigenvalue weighted by Gasteiger charge is 2.00. The van der Waals surface area contributed by atoms with E-state index in [1.54, 1.807) is 0 Å². The van der Waals surface area contributed by atoms with Gasteiger partial charge in [-0.05, 0) is 12.3 Å². The van der Waals surface area contributed by atoms with Gasteiger partial charge in [-0.3, -0.25) is 0 Å². The van der Waals surface area contributed by atoms with E-state index in [9.17, 15) is 0 Å². The predicted molar refractivity (Wildman–Crippen MR) is 51.2 cm³/mol. The summed E-state index contributed by atoms with van der Waals surface area (Å²) in [6.07, 6.45) is 5.16. The van der Waals surface area contributed by atoms with Crippen molar-refractivity contribution in [2.24, 2.45) is 5.92 Å². The predicted octanol–water partition coefficient (Wildman–Crippen LogP) is 2.21. The lowest BCUT2D eigenvalue weighted by Crippen LogP contribution is -2.08. The Morgan fingerprint density at radius 3 is 2.67 bits per heavy atom. The molecule has 0 saturated heterocycles. The van der Waals surface area contributed by atoms with Gasteiger partial charge in [0, 0.05) is 6.61 Å². The Hall–Kier alpha value is -0.0800. The van der Waals surface area contributed by atoms with Crippen molar-refractivity contribution in [2.45, 2.75) is 39.5 Å². The maximum atomic E-state index is 8.47. The molecule has 1 unspecified atom stereocenters. The first kappa shape index (κ1) is 11.9. The summed E-state index contributed by atoms with van der Waals surface area (Å²) in [7, 11) is 0. The molecule has 12 heavy (non-hydrogen) atoms. The van der Waals surface area contributed by atoms with Gasteiger partial charge in [0.25, 0.3) is 0 Å². The van der Waals surface area contributed by atoms with E-state index in [-0.39, 0.29) is 6.61 Å². The van der Waals surface area contributed by atoms with E-state index in [1.165, 1.54) is 25.7 Å². The minimum Gasteiger partial charge on any atom is -0.394 e. The van der Waals surface area contributed by atoms with Gasteiger partial charge in [0.1, 0.15) is 0 Å². The summed E-state index contributed by atoms with van der Waals surface area (Å²) in [4.78, 5) is 0. The highest BCUT2D eigenvalue weighted by Crippen LogP contribution is 2.09. The molecule has 0 bridgehead atoms. The van der Waals surface area contributed by atoms with Crippen molar-refractivity contribution in [1.29, 1.82) is 0 Å². The fourth-order valence-electron chi connectivity index (χ4n) is 1.18. The lowest BCUT2D eigenvalue weighted by atomic mass is 10.0. The molecular weight excluding hydrogens is 152 g/mol. The molecule has 0 amide bonds. The average molecular weight is 174 g/mol. The molecule has 0 aliphatic heterocycles. The first-order valence-corrected chi connectivity index (χ1v) is 4.99. The Kier molecular flexibility index (Phi) is 8.95. The van der Waals surface area contributed by atoms with Crippen molar-refractivity contribution < 1.29 is 9.84 Å². The highest BCUT2D eigenvalue weighted by molar-refractivity contribution is 4.51. The van der Waals surface area contributed by atoms with Crippen LogP contribution < -0.4 is 0 Å². The molecular formula is C10H22O2. The average Bonchev–Trinajstić information content (AvgIpc) is 2.06. The van der Waals surface area contributed by atoms with Crippen molar-refractivity contribution in [3.8, 4) is 0 Å². The zero-order valence-corrected chi connectivity index (χ0v) is 8.38. The van der Waals surface area contributed by atoms with Crippen molar-refractivity contribution in [3.63, 3.8) is 0 Å². The Balaban J connectivity index is 3.04. The second-order valence-electron chi connectivity index (χ2n) is 3.40. The van der Waals surface area contributed by atoms with Gasteiger partial charge in [0.15, 0.2) is 0 Å². The number of ether oxygens (including phenoxy) is 1. The number of rotatable bonds is 8. The molecule has 0 spiro atoms. The van der Waals surface area contributed by atoms with Crippen LogP contribution in [-0.2, 0) is 4.74 Å². The van der Waals surface area contributed by atoms with E-state index in [4.69, 9.17) is 9.84 Å². The summed E-state index contributed by atoms with van der Waals surface area (Å²) >= 11 is 0. The molecule has 0 saturated carbocycles. The van der Waals surface area contributed by atoms with Crippen molar-refractivity contribution in [1.82, 2.24) is 0 Å². The minimum atomic E-state index is 0.141. The van der Waals surface area contributed by atoms with Gasteiger partial charge in [0.05, 0.1) is 13.2 Å². The summed E-state index contributed by atoms with van der Waals surface area (Å²) < 4.78 is 5.23. The van der Waals surface area contributed by atoms with Gasteiger partial charge < -0.3 is 9.84 Å². The van der Waals surface area contributed by atoms with E-state index in [0.29, 0.717) is 12.5 Å². The van der Waals surface area contributed by atoms with Crippen LogP contribution in [0.5, 0.6) is 0 Å². The number of aliphatic hydroxyl groups excluding tert-OH is 1. The Labute approximate surface area is 75.9 Å². The largest absolute Gasteiger partial charge is 0.394 e. The van der Waals surface area contributed by atoms with Crippen molar-refractivity contribution in [2.75, 3.05) is 19.8 Å². The maximum absolute atomic E-state index is 8.47. The fraction of sp³-hybridized carbons (Fsp3) is 1.00. The zero-order valence-electron chi connectivity index (χ0n) is 8.38. The number of hydrogen-bond donors (Lipinski definition) is 1. The van der Waals surface area contributed by atoms with Crippen LogP contribution in [0, 0.1) is 5.92 Å². The van der Waals surface area contributed by atoms with E-state index in [1.807, 2.05) is 0 Å². The second-order valence-corrected chi connectivity index (χ2v) is 3.40. The zero-order chi connectivity index (χ0) is 9.23. The molecule has 0 radical (unpaired) electrons. The fourth-order valence-corrected chi connectivity index (χ4v) is 1.18. The quantitative estimate of drug-likeness (QED) is 0.572.